The second-order valence-corrected chi connectivity index (χ2v) is 4.11. The summed E-state index contributed by atoms with van der Waals surface area (Å²) in [6.07, 6.45) is -0.449. The Hall–Kier alpha value is -1.23. The highest BCUT2D eigenvalue weighted by molar-refractivity contribution is 9.10. The van der Waals surface area contributed by atoms with Gasteiger partial charge in [-0.1, -0.05) is 21.1 Å². The summed E-state index contributed by atoms with van der Waals surface area (Å²) >= 11 is 3.36. The molecule has 0 fully saturated rings. The van der Waals surface area contributed by atoms with Crippen molar-refractivity contribution >= 4 is 21.8 Å². The molecule has 0 aliphatic heterocycles. The van der Waals surface area contributed by atoms with Crippen LogP contribution in [0.15, 0.2) is 27.8 Å². The number of hydrogen-bond donors (Lipinski definition) is 2. The van der Waals surface area contributed by atoms with Crippen LogP contribution in [0.2, 0.25) is 0 Å². The molecule has 0 aliphatic carbocycles. The number of aryl methyl sites for hydroxylation is 1. The van der Waals surface area contributed by atoms with Gasteiger partial charge >= 0.3 is 0 Å². The van der Waals surface area contributed by atoms with Crippen molar-refractivity contribution in [1.29, 1.82) is 0 Å². The molecule has 0 aliphatic rings. The molecule has 0 saturated heterocycles. The predicted octanol–water partition coefficient (Wildman–Crippen LogP) is 2.27. The maximum Gasteiger partial charge on any atom is 0.180 e. The molecule has 1 rings (SSSR count). The minimum atomic E-state index is -0.449. The molecule has 0 radical (unpaired) electrons. The second kappa shape index (κ2) is 5.02. The Morgan fingerprint density at radius 3 is 2.80 bits per heavy atom. The average Bonchev–Trinajstić information content (AvgIpc) is 2.20. The number of halogens is 1. The zero-order valence-electron chi connectivity index (χ0n) is 8.57. The lowest BCUT2D eigenvalue weighted by Gasteiger charge is -2.14. The molecule has 0 spiro atoms. The molecule has 0 amide bonds. The number of benzene rings is 1. The van der Waals surface area contributed by atoms with Crippen LogP contribution >= 0.6 is 15.9 Å². The molecule has 4 nitrogen and oxygen atoms in total. The Balaban J connectivity index is 2.81. The number of amidine groups is 1. The highest BCUT2D eigenvalue weighted by Gasteiger charge is 2.10. The number of nitrogens with two attached hydrogens (primary N) is 1. The van der Waals surface area contributed by atoms with Gasteiger partial charge in [0, 0.05) is 4.47 Å². The molecule has 0 saturated carbocycles. The molecule has 15 heavy (non-hydrogen) atoms. The first-order valence-corrected chi connectivity index (χ1v) is 5.24. The summed E-state index contributed by atoms with van der Waals surface area (Å²) in [5.41, 5.74) is 6.40. The normalized spacial score (nSPS) is 13.7. The van der Waals surface area contributed by atoms with Crippen molar-refractivity contribution in [2.24, 2.45) is 10.9 Å². The van der Waals surface area contributed by atoms with Gasteiger partial charge in [0.15, 0.2) is 11.9 Å². The minimum absolute atomic E-state index is 0.0531. The molecule has 1 atom stereocenters. The molecule has 3 N–H and O–H groups in total. The van der Waals surface area contributed by atoms with Gasteiger partial charge in [-0.3, -0.25) is 0 Å². The van der Waals surface area contributed by atoms with E-state index in [9.17, 15) is 0 Å². The zero-order chi connectivity index (χ0) is 11.4. The van der Waals surface area contributed by atoms with Crippen LogP contribution in [0.4, 0.5) is 0 Å². The third-order valence-corrected chi connectivity index (χ3v) is 2.47. The molecule has 0 heterocycles. The summed E-state index contributed by atoms with van der Waals surface area (Å²) in [7, 11) is 0. The van der Waals surface area contributed by atoms with Crippen molar-refractivity contribution in [3.63, 3.8) is 0 Å². The van der Waals surface area contributed by atoms with Crippen LogP contribution in [0.25, 0.3) is 0 Å². The second-order valence-electron chi connectivity index (χ2n) is 3.19. The number of ether oxygens (including phenoxy) is 1. The third kappa shape index (κ3) is 3.13. The van der Waals surface area contributed by atoms with Gasteiger partial charge in [0.1, 0.15) is 5.75 Å². The lowest BCUT2D eigenvalue weighted by atomic mass is 10.2. The van der Waals surface area contributed by atoms with Gasteiger partial charge in [-0.25, -0.2) is 0 Å². The zero-order valence-corrected chi connectivity index (χ0v) is 10.2. The maximum absolute atomic E-state index is 8.47. The lowest BCUT2D eigenvalue weighted by molar-refractivity contribution is 0.264. The molecule has 82 valence electrons. The summed E-state index contributed by atoms with van der Waals surface area (Å²) in [5.74, 6) is 0.773. The Morgan fingerprint density at radius 2 is 2.27 bits per heavy atom. The predicted molar refractivity (Wildman–Crippen MR) is 62.4 cm³/mol. The Bertz CT molecular complexity index is 380. The van der Waals surface area contributed by atoms with Crippen LogP contribution in [0, 0.1) is 6.92 Å². The van der Waals surface area contributed by atoms with Gasteiger partial charge in [-0.2, -0.15) is 0 Å². The summed E-state index contributed by atoms with van der Waals surface area (Å²) in [6.45, 7) is 3.65. The van der Waals surface area contributed by atoms with Crippen molar-refractivity contribution in [3.05, 3.63) is 28.2 Å². The summed E-state index contributed by atoms with van der Waals surface area (Å²) in [5, 5.41) is 11.4. The fourth-order valence-electron chi connectivity index (χ4n) is 1.08. The third-order valence-electron chi connectivity index (χ3n) is 1.97. The molecule has 0 aromatic heterocycles. The standard InChI is InChI=1S/C10H13BrN2O2/c1-6-5-8(11)3-4-9(6)15-7(2)10(12)13-14/h3-5,7,14H,1-2H3,(H2,12,13). The molecular formula is C10H13BrN2O2. The van der Waals surface area contributed by atoms with E-state index in [-0.39, 0.29) is 5.84 Å². The monoisotopic (exact) mass is 272 g/mol. The van der Waals surface area contributed by atoms with Crippen LogP contribution in [-0.4, -0.2) is 17.1 Å². The van der Waals surface area contributed by atoms with Gasteiger partial charge in [0.25, 0.3) is 0 Å². The van der Waals surface area contributed by atoms with Crippen LogP contribution in [-0.2, 0) is 0 Å². The van der Waals surface area contributed by atoms with Gasteiger partial charge < -0.3 is 15.7 Å². The average molecular weight is 273 g/mol. The molecule has 0 bridgehead atoms. The highest BCUT2D eigenvalue weighted by atomic mass is 79.9. The van der Waals surface area contributed by atoms with Gasteiger partial charge in [-0.15, -0.1) is 0 Å². The number of nitrogens with zero attached hydrogens (tertiary/aromatic N) is 1. The van der Waals surface area contributed by atoms with E-state index >= 15 is 0 Å². The van der Waals surface area contributed by atoms with Crippen molar-refractivity contribution in [3.8, 4) is 5.75 Å². The van der Waals surface area contributed by atoms with Crippen molar-refractivity contribution in [2.45, 2.75) is 20.0 Å². The summed E-state index contributed by atoms with van der Waals surface area (Å²) < 4.78 is 6.51. The van der Waals surface area contributed by atoms with Gasteiger partial charge in [0.2, 0.25) is 0 Å². The van der Waals surface area contributed by atoms with E-state index in [0.717, 1.165) is 15.8 Å². The fraction of sp³-hybridized carbons (Fsp3) is 0.300. The van der Waals surface area contributed by atoms with Crippen molar-refractivity contribution in [1.82, 2.24) is 0 Å². The van der Waals surface area contributed by atoms with Crippen molar-refractivity contribution < 1.29 is 9.94 Å². The van der Waals surface area contributed by atoms with E-state index in [1.165, 1.54) is 0 Å². The minimum Gasteiger partial charge on any atom is -0.482 e. The quantitative estimate of drug-likeness (QED) is 0.384. The topological polar surface area (TPSA) is 67.8 Å². The first-order chi connectivity index (χ1) is 7.04. The number of hydrogen-bond acceptors (Lipinski definition) is 3. The first-order valence-electron chi connectivity index (χ1n) is 4.45. The van der Waals surface area contributed by atoms with E-state index < -0.39 is 6.10 Å². The van der Waals surface area contributed by atoms with Crippen LogP contribution in [0.3, 0.4) is 0 Å². The first kappa shape index (κ1) is 11.8. The van der Waals surface area contributed by atoms with Crippen LogP contribution < -0.4 is 10.5 Å². The smallest absolute Gasteiger partial charge is 0.180 e. The van der Waals surface area contributed by atoms with E-state index in [1.807, 2.05) is 25.1 Å². The van der Waals surface area contributed by atoms with Gasteiger partial charge in [0.05, 0.1) is 0 Å². The van der Waals surface area contributed by atoms with E-state index in [2.05, 4.69) is 21.1 Å². The molecular weight excluding hydrogens is 260 g/mol. The molecule has 1 unspecified atom stereocenters. The molecule has 5 heteroatoms. The number of oxime groups is 1. The Kier molecular flexibility index (Phi) is 3.96. The van der Waals surface area contributed by atoms with Crippen LogP contribution in [0.1, 0.15) is 12.5 Å². The largest absolute Gasteiger partial charge is 0.482 e. The van der Waals surface area contributed by atoms with E-state index in [0.29, 0.717) is 0 Å². The van der Waals surface area contributed by atoms with Gasteiger partial charge in [-0.05, 0) is 37.6 Å². The fourth-order valence-corrected chi connectivity index (χ4v) is 1.55. The van der Waals surface area contributed by atoms with E-state index in [1.54, 1.807) is 6.92 Å². The Morgan fingerprint density at radius 1 is 1.60 bits per heavy atom. The lowest BCUT2D eigenvalue weighted by Crippen LogP contribution is -2.31. The summed E-state index contributed by atoms with van der Waals surface area (Å²) in [6, 6.07) is 5.65. The molecule has 1 aromatic rings. The Labute approximate surface area is 96.9 Å². The summed E-state index contributed by atoms with van der Waals surface area (Å²) in [4.78, 5) is 0. The van der Waals surface area contributed by atoms with E-state index in [4.69, 9.17) is 15.7 Å². The highest BCUT2D eigenvalue weighted by Crippen LogP contribution is 2.23. The number of rotatable bonds is 3. The maximum atomic E-state index is 8.47. The van der Waals surface area contributed by atoms with Crippen molar-refractivity contribution in [2.75, 3.05) is 0 Å². The molecule has 1 aromatic carbocycles. The SMILES string of the molecule is Cc1cc(Br)ccc1OC(C)C(N)=NO. The van der Waals surface area contributed by atoms with Crippen LogP contribution in [0.5, 0.6) is 5.75 Å².